The summed E-state index contributed by atoms with van der Waals surface area (Å²) in [6, 6.07) is 17.5. The monoisotopic (exact) mass is 523 g/mol. The number of rotatable bonds is 14. The summed E-state index contributed by atoms with van der Waals surface area (Å²) in [6.07, 6.45) is 0.898. The summed E-state index contributed by atoms with van der Waals surface area (Å²) in [4.78, 5) is 11.8. The van der Waals surface area contributed by atoms with E-state index < -0.39 is 35.2 Å². The summed E-state index contributed by atoms with van der Waals surface area (Å²) in [6.45, 7) is 7.94. The maximum absolute atomic E-state index is 14.1. The molecule has 0 saturated carbocycles. The zero-order chi connectivity index (χ0) is 25.9. The molecule has 2 aromatic carbocycles. The van der Waals surface area contributed by atoms with Crippen LogP contribution in [0.2, 0.25) is 0 Å². The van der Waals surface area contributed by atoms with Crippen LogP contribution >= 0.6 is 7.37 Å². The van der Waals surface area contributed by atoms with Crippen molar-refractivity contribution in [2.45, 2.75) is 64.1 Å². The number of benzene rings is 2. The quantitative estimate of drug-likeness (QED) is 0.200. The van der Waals surface area contributed by atoms with Crippen molar-refractivity contribution >= 4 is 24.7 Å². The van der Waals surface area contributed by atoms with Crippen molar-refractivity contribution in [2.24, 2.45) is 0 Å². The minimum Gasteiger partial charge on any atom is -0.598 e. The second-order valence-electron chi connectivity index (χ2n) is 9.13. The number of ether oxygens (including phenoxy) is 2. The summed E-state index contributed by atoms with van der Waals surface area (Å²) >= 11 is -1.49. The molecule has 0 aromatic heterocycles. The number of para-hydroxylation sites is 1. The third-order valence-electron chi connectivity index (χ3n) is 5.37. The SMILES string of the molecule is CCO[P@@](=O)(CCc1ccccc1OCc1ccccc1)[C@@H](CCC(=O)OC)N[S+]([O-])C(C)(C)C. The Morgan fingerprint density at radius 3 is 2.40 bits per heavy atom. The Morgan fingerprint density at radius 2 is 1.77 bits per heavy atom. The smallest absolute Gasteiger partial charge is 0.305 e. The van der Waals surface area contributed by atoms with Gasteiger partial charge in [-0.05, 0) is 57.7 Å². The van der Waals surface area contributed by atoms with Crippen molar-refractivity contribution in [3.05, 3.63) is 65.7 Å². The molecule has 0 saturated heterocycles. The van der Waals surface area contributed by atoms with E-state index in [9.17, 15) is 13.9 Å². The Bertz CT molecular complexity index is 966. The Morgan fingerprint density at radius 1 is 1.11 bits per heavy atom. The van der Waals surface area contributed by atoms with Crippen LogP contribution in [0.25, 0.3) is 0 Å². The average Bonchev–Trinajstić information content (AvgIpc) is 2.84. The largest absolute Gasteiger partial charge is 0.598 e. The van der Waals surface area contributed by atoms with Gasteiger partial charge >= 0.3 is 5.97 Å². The maximum Gasteiger partial charge on any atom is 0.305 e. The van der Waals surface area contributed by atoms with Crippen molar-refractivity contribution in [3.63, 3.8) is 0 Å². The van der Waals surface area contributed by atoms with E-state index >= 15 is 0 Å². The van der Waals surface area contributed by atoms with Crippen LogP contribution in [-0.4, -0.2) is 40.9 Å². The molecule has 0 radical (unpaired) electrons. The molecule has 1 N–H and O–H groups in total. The van der Waals surface area contributed by atoms with Crippen LogP contribution in [0.5, 0.6) is 5.75 Å². The van der Waals surface area contributed by atoms with Gasteiger partial charge in [0.2, 0.25) is 7.37 Å². The summed E-state index contributed by atoms with van der Waals surface area (Å²) in [5.41, 5.74) is 1.96. The van der Waals surface area contributed by atoms with Gasteiger partial charge in [-0.25, -0.2) is 0 Å². The number of hydrogen-bond acceptors (Lipinski definition) is 7. The number of carbonyl (C=O) groups is 1. The van der Waals surface area contributed by atoms with Crippen LogP contribution in [0.1, 0.15) is 51.7 Å². The molecule has 0 aliphatic carbocycles. The molecule has 3 atom stereocenters. The molecule has 0 spiro atoms. The normalized spacial score (nSPS) is 15.1. The van der Waals surface area contributed by atoms with Crippen molar-refractivity contribution in [2.75, 3.05) is 19.9 Å². The third-order valence-corrected chi connectivity index (χ3v) is 10.0. The molecule has 35 heavy (non-hydrogen) atoms. The molecule has 0 amide bonds. The third kappa shape index (κ3) is 9.62. The van der Waals surface area contributed by atoms with Crippen LogP contribution in [0, 0.1) is 0 Å². The number of hydrogen-bond donors (Lipinski definition) is 1. The number of esters is 1. The number of carbonyl (C=O) groups excluding carboxylic acids is 1. The van der Waals surface area contributed by atoms with Gasteiger partial charge in [0.25, 0.3) is 0 Å². The van der Waals surface area contributed by atoms with Gasteiger partial charge in [0.1, 0.15) is 22.9 Å². The fourth-order valence-electron chi connectivity index (χ4n) is 3.38. The molecule has 0 aliphatic heterocycles. The van der Waals surface area contributed by atoms with Gasteiger partial charge in [-0.1, -0.05) is 48.5 Å². The lowest BCUT2D eigenvalue weighted by Gasteiger charge is -2.32. The second kappa shape index (κ2) is 14.0. The van der Waals surface area contributed by atoms with Crippen molar-refractivity contribution < 1.29 is 27.9 Å². The predicted molar refractivity (Wildman–Crippen MR) is 141 cm³/mol. The number of aryl methyl sites for hydroxylation is 1. The van der Waals surface area contributed by atoms with Crippen LogP contribution in [0.3, 0.4) is 0 Å². The Balaban J connectivity index is 2.21. The molecule has 7 nitrogen and oxygen atoms in total. The van der Waals surface area contributed by atoms with E-state index in [0.29, 0.717) is 13.0 Å². The highest BCUT2D eigenvalue weighted by Crippen LogP contribution is 2.53. The lowest BCUT2D eigenvalue weighted by molar-refractivity contribution is -0.140. The van der Waals surface area contributed by atoms with Crippen molar-refractivity contribution in [3.8, 4) is 5.75 Å². The topological polar surface area (TPSA) is 96.9 Å². The van der Waals surface area contributed by atoms with Crippen molar-refractivity contribution in [1.82, 2.24) is 4.72 Å². The van der Waals surface area contributed by atoms with E-state index in [1.54, 1.807) is 6.92 Å². The minimum atomic E-state index is -3.35. The summed E-state index contributed by atoms with van der Waals surface area (Å²) < 4.78 is 46.1. The molecule has 9 heteroatoms. The first kappa shape index (κ1) is 29.4. The summed E-state index contributed by atoms with van der Waals surface area (Å²) in [7, 11) is -2.04. The van der Waals surface area contributed by atoms with E-state index in [4.69, 9.17) is 14.0 Å². The van der Waals surface area contributed by atoms with Crippen LogP contribution < -0.4 is 9.46 Å². The first-order chi connectivity index (χ1) is 16.6. The highest BCUT2D eigenvalue weighted by atomic mass is 32.2. The van der Waals surface area contributed by atoms with Crippen LogP contribution in [0.4, 0.5) is 0 Å². The lowest BCUT2D eigenvalue weighted by Crippen LogP contribution is -2.45. The van der Waals surface area contributed by atoms with Gasteiger partial charge in [-0.15, -0.1) is 4.72 Å². The van der Waals surface area contributed by atoms with Gasteiger partial charge in [-0.2, -0.15) is 0 Å². The zero-order valence-corrected chi connectivity index (χ0v) is 23.0. The lowest BCUT2D eigenvalue weighted by atomic mass is 10.1. The molecule has 0 aliphatic rings. The summed E-state index contributed by atoms with van der Waals surface area (Å²) in [5, 5.41) is 0. The highest BCUT2D eigenvalue weighted by Gasteiger charge is 2.40. The average molecular weight is 524 g/mol. The molecule has 2 aromatic rings. The second-order valence-corrected chi connectivity index (χ2v) is 13.9. The Labute approximate surface area is 212 Å². The fourth-order valence-corrected chi connectivity index (χ4v) is 7.17. The Hall–Kier alpha value is -1.83. The molecule has 194 valence electrons. The molecular weight excluding hydrogens is 485 g/mol. The molecular formula is C26H38NO6PS. The van der Waals surface area contributed by atoms with Crippen LogP contribution in [-0.2, 0) is 43.0 Å². The van der Waals surface area contributed by atoms with E-state index in [0.717, 1.165) is 16.9 Å². The predicted octanol–water partition coefficient (Wildman–Crippen LogP) is 5.45. The van der Waals surface area contributed by atoms with Gasteiger partial charge in [0.05, 0.1) is 13.7 Å². The minimum absolute atomic E-state index is 0.0450. The van der Waals surface area contributed by atoms with E-state index in [1.165, 1.54) is 7.11 Å². The van der Waals surface area contributed by atoms with E-state index in [1.807, 2.05) is 75.4 Å². The first-order valence-corrected chi connectivity index (χ1v) is 14.8. The van der Waals surface area contributed by atoms with E-state index in [-0.39, 0.29) is 25.6 Å². The van der Waals surface area contributed by atoms with Crippen molar-refractivity contribution in [1.29, 1.82) is 0 Å². The number of nitrogens with one attached hydrogen (secondary N) is 1. The molecule has 0 fully saturated rings. The molecule has 1 unspecified atom stereocenters. The zero-order valence-electron chi connectivity index (χ0n) is 21.3. The van der Waals surface area contributed by atoms with E-state index in [2.05, 4.69) is 4.72 Å². The molecule has 0 heterocycles. The van der Waals surface area contributed by atoms with Gasteiger partial charge in [0, 0.05) is 23.9 Å². The highest BCUT2D eigenvalue weighted by molar-refractivity contribution is 7.91. The van der Waals surface area contributed by atoms with Crippen LogP contribution in [0.15, 0.2) is 54.6 Å². The fraction of sp³-hybridized carbons (Fsp3) is 0.500. The molecule has 2 rings (SSSR count). The van der Waals surface area contributed by atoms with Gasteiger partial charge < -0.3 is 18.6 Å². The standard InChI is InChI=1S/C26H38NO6PS/c1-6-33-34(29,24(16-17-25(28)31-5)27-35(30)26(2,3)4)19-18-22-14-10-11-15-23(22)32-20-21-12-8-7-9-13-21/h7-15,24,27H,6,16-20H2,1-5H3/t24-,34-,35?/m0/s1. The number of methoxy groups -OCH3 is 1. The Kier molecular flexibility index (Phi) is 11.8. The summed E-state index contributed by atoms with van der Waals surface area (Å²) in [5.74, 6) is -0.447. The first-order valence-electron chi connectivity index (χ1n) is 11.8. The van der Waals surface area contributed by atoms with Gasteiger partial charge in [0.15, 0.2) is 0 Å². The molecule has 0 bridgehead atoms. The maximum atomic E-state index is 14.1. The van der Waals surface area contributed by atoms with Gasteiger partial charge in [-0.3, -0.25) is 9.36 Å².